The Morgan fingerprint density at radius 3 is 2.70 bits per heavy atom. The lowest BCUT2D eigenvalue weighted by Crippen LogP contribution is -2.45. The smallest absolute Gasteiger partial charge is 0.330 e. The van der Waals surface area contributed by atoms with Gasteiger partial charge in [-0.2, -0.15) is 0 Å². The van der Waals surface area contributed by atoms with Crippen molar-refractivity contribution < 1.29 is 22.1 Å². The summed E-state index contributed by atoms with van der Waals surface area (Å²) in [6.07, 6.45) is -6.61. The van der Waals surface area contributed by atoms with Crippen LogP contribution in [0.3, 0.4) is 0 Å². The highest BCUT2D eigenvalue weighted by atomic mass is 19.1. The number of aromatic nitrogens is 2. The van der Waals surface area contributed by atoms with Gasteiger partial charge in [-0.1, -0.05) is 0 Å². The monoisotopic (exact) mass is 290 g/mol. The first-order valence-electron chi connectivity index (χ1n) is 6.99. The molecule has 0 aromatic carbocycles. The quantitative estimate of drug-likeness (QED) is 0.657. The standard InChI is InChI=1S/C12H17FN2O5/c1-5-6(2)15(11(19)14-9(5)18)10-12(3,13)8(17)7(4-16)20-10/h7-8,10,16-17H,4H2,1-3H3,(H,14,18,19)/t7-,8-,10-,12-/m1/s1/i4D,8D/t4?,7-,8-,10-,12-. The number of aliphatic hydroxyl groups is 2. The Labute approximate surface area is 116 Å². The summed E-state index contributed by atoms with van der Waals surface area (Å²) in [4.78, 5) is 25.5. The van der Waals surface area contributed by atoms with Crippen LogP contribution in [0.2, 0.25) is 0 Å². The van der Waals surface area contributed by atoms with Gasteiger partial charge in [-0.05, 0) is 20.8 Å². The lowest BCUT2D eigenvalue weighted by molar-refractivity contribution is -0.0622. The average Bonchev–Trinajstić information content (AvgIpc) is 2.55. The molecule has 8 heteroatoms. The lowest BCUT2D eigenvalue weighted by Gasteiger charge is -2.26. The molecule has 1 fully saturated rings. The number of nitrogens with zero attached hydrogens (tertiary/aromatic N) is 1. The minimum atomic E-state index is -2.95. The molecule has 1 unspecified atom stereocenters. The minimum absolute atomic E-state index is 0.0959. The maximum Gasteiger partial charge on any atom is 0.330 e. The first-order chi connectivity index (χ1) is 9.92. The number of hydrogen-bond acceptors (Lipinski definition) is 5. The van der Waals surface area contributed by atoms with Crippen molar-refractivity contribution in [2.75, 3.05) is 6.58 Å². The van der Waals surface area contributed by atoms with Gasteiger partial charge in [-0.25, -0.2) is 9.18 Å². The lowest BCUT2D eigenvalue weighted by atomic mass is 9.98. The fourth-order valence-electron chi connectivity index (χ4n) is 2.18. The van der Waals surface area contributed by atoms with Crippen LogP contribution in [0, 0.1) is 13.8 Å². The van der Waals surface area contributed by atoms with Gasteiger partial charge < -0.3 is 14.9 Å². The minimum Gasteiger partial charge on any atom is -0.394 e. The van der Waals surface area contributed by atoms with E-state index < -0.39 is 41.9 Å². The van der Waals surface area contributed by atoms with E-state index in [1.165, 1.54) is 13.8 Å². The molecule has 7 nitrogen and oxygen atoms in total. The number of halogens is 1. The van der Waals surface area contributed by atoms with E-state index in [-0.39, 0.29) is 11.3 Å². The summed E-state index contributed by atoms with van der Waals surface area (Å²) in [7, 11) is 0. The van der Waals surface area contributed by atoms with Gasteiger partial charge in [-0.3, -0.25) is 14.3 Å². The van der Waals surface area contributed by atoms with Crippen molar-refractivity contribution in [3.63, 3.8) is 0 Å². The van der Waals surface area contributed by atoms with Crippen molar-refractivity contribution in [2.45, 2.75) is 44.9 Å². The van der Waals surface area contributed by atoms with Crippen LogP contribution < -0.4 is 11.2 Å². The molecule has 0 bridgehead atoms. The Morgan fingerprint density at radius 1 is 1.60 bits per heavy atom. The molecule has 0 saturated carbocycles. The average molecular weight is 290 g/mol. The van der Waals surface area contributed by atoms with E-state index in [0.717, 1.165) is 11.5 Å². The molecule has 2 heterocycles. The Bertz CT molecular complexity index is 712. The fourth-order valence-corrected chi connectivity index (χ4v) is 2.18. The van der Waals surface area contributed by atoms with Crippen molar-refractivity contribution >= 4 is 0 Å². The number of aliphatic hydroxyl groups excluding tert-OH is 1. The second-order valence-corrected chi connectivity index (χ2v) is 4.86. The van der Waals surface area contributed by atoms with Gasteiger partial charge in [0.15, 0.2) is 11.9 Å². The summed E-state index contributed by atoms with van der Waals surface area (Å²) in [5, 5.41) is 19.3. The molecule has 0 radical (unpaired) electrons. The molecule has 5 atom stereocenters. The maximum atomic E-state index is 14.9. The van der Waals surface area contributed by atoms with Crippen molar-refractivity contribution in [3.05, 3.63) is 32.1 Å². The van der Waals surface area contributed by atoms with Crippen molar-refractivity contribution in [1.29, 1.82) is 0 Å². The number of ether oxygens (including phenoxy) is 1. The van der Waals surface area contributed by atoms with E-state index in [2.05, 4.69) is 0 Å². The van der Waals surface area contributed by atoms with E-state index >= 15 is 0 Å². The largest absolute Gasteiger partial charge is 0.394 e. The Balaban J connectivity index is 2.67. The molecule has 112 valence electrons. The molecular weight excluding hydrogens is 271 g/mol. The van der Waals surface area contributed by atoms with E-state index in [1.807, 2.05) is 4.98 Å². The topological polar surface area (TPSA) is 105 Å². The number of aromatic amines is 1. The third-order valence-corrected chi connectivity index (χ3v) is 3.56. The third kappa shape index (κ3) is 2.00. The molecule has 0 spiro atoms. The van der Waals surface area contributed by atoms with Crippen molar-refractivity contribution in [2.24, 2.45) is 0 Å². The second kappa shape index (κ2) is 4.80. The van der Waals surface area contributed by atoms with Crippen LogP contribution in [-0.4, -0.2) is 44.2 Å². The summed E-state index contributed by atoms with van der Waals surface area (Å²) in [5.74, 6) is 0. The summed E-state index contributed by atoms with van der Waals surface area (Å²) < 4.78 is 35.6. The van der Waals surface area contributed by atoms with Gasteiger partial charge in [0.05, 0.1) is 9.32 Å². The van der Waals surface area contributed by atoms with Gasteiger partial charge in [0, 0.05) is 11.3 Å². The van der Waals surface area contributed by atoms with Crippen molar-refractivity contribution in [1.82, 2.24) is 9.55 Å². The zero-order valence-electron chi connectivity index (χ0n) is 13.2. The van der Waals surface area contributed by atoms with Crippen LogP contribution in [0.4, 0.5) is 4.39 Å². The first kappa shape index (κ1) is 12.2. The number of H-pyrrole nitrogens is 1. The summed E-state index contributed by atoms with van der Waals surface area (Å²) in [6, 6.07) is 0. The first-order valence-corrected chi connectivity index (χ1v) is 5.92. The highest BCUT2D eigenvalue weighted by Gasteiger charge is 2.55. The predicted molar refractivity (Wildman–Crippen MR) is 67.3 cm³/mol. The van der Waals surface area contributed by atoms with E-state index in [4.69, 9.17) is 7.48 Å². The highest BCUT2D eigenvalue weighted by Crippen LogP contribution is 2.40. The van der Waals surface area contributed by atoms with E-state index in [0.29, 0.717) is 0 Å². The molecule has 3 N–H and O–H groups in total. The summed E-state index contributed by atoms with van der Waals surface area (Å²) in [5.41, 5.74) is -4.19. The van der Waals surface area contributed by atoms with Crippen LogP contribution in [0.5, 0.6) is 0 Å². The van der Waals surface area contributed by atoms with Gasteiger partial charge in [-0.15, -0.1) is 0 Å². The normalized spacial score (nSPS) is 40.3. The van der Waals surface area contributed by atoms with E-state index in [9.17, 15) is 24.2 Å². The Morgan fingerprint density at radius 2 is 2.20 bits per heavy atom. The van der Waals surface area contributed by atoms with Gasteiger partial charge in [0.1, 0.15) is 12.2 Å². The number of rotatable bonds is 2. The molecule has 1 aliphatic heterocycles. The van der Waals surface area contributed by atoms with Crippen LogP contribution in [-0.2, 0) is 4.74 Å². The van der Waals surface area contributed by atoms with Crippen LogP contribution in [0.1, 0.15) is 27.2 Å². The molecule has 1 aromatic heterocycles. The van der Waals surface area contributed by atoms with Gasteiger partial charge in [0.2, 0.25) is 0 Å². The number of nitrogens with one attached hydrogen (secondary N) is 1. The van der Waals surface area contributed by atoms with Crippen LogP contribution in [0.25, 0.3) is 0 Å². The SMILES string of the molecule is [2H]C(O)[C@H]1O[C@@H](n2c(C)c(C)c(=O)[nH]c2=O)[C@](C)(F)[C@]1([2H])O. The highest BCUT2D eigenvalue weighted by molar-refractivity contribution is 5.16. The fraction of sp³-hybridized carbons (Fsp3) is 0.667. The molecule has 1 aromatic rings. The zero-order valence-corrected chi connectivity index (χ0v) is 11.2. The molecular formula is C12H17FN2O5. The molecule has 0 aliphatic carbocycles. The van der Waals surface area contributed by atoms with Gasteiger partial charge >= 0.3 is 5.69 Å². The van der Waals surface area contributed by atoms with Crippen molar-refractivity contribution in [3.8, 4) is 0 Å². The third-order valence-electron chi connectivity index (χ3n) is 3.56. The van der Waals surface area contributed by atoms with E-state index in [1.54, 1.807) is 0 Å². The summed E-state index contributed by atoms with van der Waals surface area (Å²) >= 11 is 0. The zero-order chi connectivity index (χ0) is 17.0. The number of hydrogen-bond donors (Lipinski definition) is 3. The molecule has 2 rings (SSSR count). The molecule has 1 saturated heterocycles. The van der Waals surface area contributed by atoms with Gasteiger partial charge in [0.25, 0.3) is 5.56 Å². The van der Waals surface area contributed by atoms with Crippen LogP contribution in [0.15, 0.2) is 9.59 Å². The maximum absolute atomic E-state index is 14.9. The molecule has 1 aliphatic rings. The predicted octanol–water partition coefficient (Wildman–Crippen LogP) is -0.868. The second-order valence-electron chi connectivity index (χ2n) is 4.86. The Hall–Kier alpha value is -1.51. The molecule has 20 heavy (non-hydrogen) atoms. The Kier molecular flexibility index (Phi) is 2.94. The molecule has 0 amide bonds. The number of alkyl halides is 1. The van der Waals surface area contributed by atoms with Crippen LogP contribution >= 0.6 is 0 Å². The summed E-state index contributed by atoms with van der Waals surface area (Å²) in [6.45, 7) is 1.55.